The molecule has 4 aromatic rings. The highest BCUT2D eigenvalue weighted by molar-refractivity contribution is 7.17. The summed E-state index contributed by atoms with van der Waals surface area (Å²) in [5, 5.41) is 24.4. The summed E-state index contributed by atoms with van der Waals surface area (Å²) in [6, 6.07) is 16.6. The lowest BCUT2D eigenvalue weighted by atomic mass is 10.1. The number of benzene rings is 2. The van der Waals surface area contributed by atoms with Crippen LogP contribution in [0.15, 0.2) is 66.2 Å². The van der Waals surface area contributed by atoms with Crippen LogP contribution in [0.3, 0.4) is 0 Å². The molecule has 7 heteroatoms. The van der Waals surface area contributed by atoms with Crippen LogP contribution < -0.4 is 10.5 Å². The van der Waals surface area contributed by atoms with Crippen LogP contribution in [0.5, 0.6) is 0 Å². The van der Waals surface area contributed by atoms with Crippen LogP contribution in [-0.2, 0) is 0 Å². The summed E-state index contributed by atoms with van der Waals surface area (Å²) in [5.41, 5.74) is 3.89. The minimum Gasteiger partial charge on any atom is -0.595 e. The predicted octanol–water partition coefficient (Wildman–Crippen LogP) is 3.51. The van der Waals surface area contributed by atoms with E-state index >= 15 is 0 Å². The number of quaternary nitrogens is 1. The van der Waals surface area contributed by atoms with Crippen LogP contribution in [0, 0.1) is 5.21 Å². The molecular weight excluding hydrogens is 336 g/mol. The molecule has 1 atom stereocenters. The van der Waals surface area contributed by atoms with Gasteiger partial charge in [0.15, 0.2) is 5.69 Å². The Hall–Kier alpha value is -2.84. The monoisotopic (exact) mass is 350 g/mol. The molecule has 0 saturated heterocycles. The number of nitrogens with zero attached hydrogens (tertiary/aromatic N) is 2. The molecule has 3 N–H and O–H groups in total. The zero-order valence-electron chi connectivity index (χ0n) is 13.0. The van der Waals surface area contributed by atoms with Crippen LogP contribution >= 0.6 is 11.3 Å². The van der Waals surface area contributed by atoms with Crippen molar-refractivity contribution in [2.45, 2.75) is 0 Å². The van der Waals surface area contributed by atoms with Crippen LogP contribution in [0.4, 0.5) is 17.3 Å². The lowest BCUT2D eigenvalue weighted by molar-refractivity contribution is -0.991. The van der Waals surface area contributed by atoms with E-state index in [4.69, 9.17) is 5.21 Å². The molecule has 0 fully saturated rings. The van der Waals surface area contributed by atoms with E-state index in [-0.39, 0.29) is 5.69 Å². The van der Waals surface area contributed by atoms with Crippen LogP contribution in [-0.4, -0.2) is 15.2 Å². The normalized spacial score (nSPS) is 12.2. The van der Waals surface area contributed by atoms with Crippen molar-refractivity contribution in [2.75, 3.05) is 5.32 Å². The van der Waals surface area contributed by atoms with E-state index in [0.29, 0.717) is 11.6 Å². The molecule has 0 aliphatic rings. The van der Waals surface area contributed by atoms with Crippen LogP contribution in [0.25, 0.3) is 21.3 Å². The minimum absolute atomic E-state index is 0.214. The van der Waals surface area contributed by atoms with E-state index in [1.807, 2.05) is 30.3 Å². The molecule has 0 spiro atoms. The summed E-state index contributed by atoms with van der Waals surface area (Å²) in [7, 11) is 0. The van der Waals surface area contributed by atoms with Gasteiger partial charge in [-0.15, -0.1) is 11.3 Å². The molecule has 1 unspecified atom stereocenters. The zero-order valence-corrected chi connectivity index (χ0v) is 13.8. The summed E-state index contributed by atoms with van der Waals surface area (Å²) in [6.45, 7) is 0. The van der Waals surface area contributed by atoms with Crippen molar-refractivity contribution in [2.24, 2.45) is 0 Å². The van der Waals surface area contributed by atoms with Crippen molar-refractivity contribution in [3.63, 3.8) is 0 Å². The van der Waals surface area contributed by atoms with Gasteiger partial charge in [0, 0.05) is 28.8 Å². The number of rotatable bonds is 4. The molecule has 124 valence electrons. The first-order chi connectivity index (χ1) is 12.2. The van der Waals surface area contributed by atoms with Gasteiger partial charge in [0.05, 0.1) is 16.4 Å². The summed E-state index contributed by atoms with van der Waals surface area (Å²) in [6.07, 6.45) is 1.78. The fourth-order valence-corrected chi connectivity index (χ4v) is 3.44. The molecule has 0 saturated carbocycles. The number of aromatic nitrogens is 2. The molecular formula is C18H14N4O2S. The quantitative estimate of drug-likeness (QED) is 0.491. The number of thiophene rings is 1. The van der Waals surface area contributed by atoms with Gasteiger partial charge in [-0.2, -0.15) is 5.23 Å². The molecule has 4 rings (SSSR count). The average molecular weight is 350 g/mol. The smallest absolute Gasteiger partial charge is 0.227 e. The number of nitrogens with one attached hydrogen (secondary N) is 2. The lowest BCUT2D eigenvalue weighted by Gasteiger charge is -2.12. The molecule has 0 bridgehead atoms. The summed E-state index contributed by atoms with van der Waals surface area (Å²) in [5.74, 6) is 0.436. The lowest BCUT2D eigenvalue weighted by Crippen LogP contribution is -2.99. The van der Waals surface area contributed by atoms with Gasteiger partial charge in [-0.05, 0) is 11.6 Å². The maximum Gasteiger partial charge on any atom is 0.227 e. The number of anilines is 2. The SMILES string of the molecule is [O-][NH+](O)c1cccc(Nc2ncc3scc(-c4ccccc4)c3n2)c1. The Labute approximate surface area is 147 Å². The largest absolute Gasteiger partial charge is 0.595 e. The first-order valence-corrected chi connectivity index (χ1v) is 8.49. The minimum atomic E-state index is -0.968. The van der Waals surface area contributed by atoms with Gasteiger partial charge in [-0.25, -0.2) is 15.2 Å². The van der Waals surface area contributed by atoms with E-state index < -0.39 is 5.23 Å². The molecule has 25 heavy (non-hydrogen) atoms. The Morgan fingerprint density at radius 3 is 2.72 bits per heavy atom. The van der Waals surface area contributed by atoms with Crippen molar-refractivity contribution in [3.8, 4) is 11.1 Å². The Bertz CT molecular complexity index is 1020. The third-order valence-corrected chi connectivity index (χ3v) is 4.67. The molecule has 0 aliphatic carbocycles. The summed E-state index contributed by atoms with van der Waals surface area (Å²) >= 11 is 1.60. The van der Waals surface area contributed by atoms with Gasteiger partial charge in [0.25, 0.3) is 0 Å². The first-order valence-electron chi connectivity index (χ1n) is 7.61. The molecule has 0 radical (unpaired) electrons. The van der Waals surface area contributed by atoms with Crippen molar-refractivity contribution >= 4 is 38.9 Å². The van der Waals surface area contributed by atoms with Crippen LogP contribution in [0.2, 0.25) is 0 Å². The van der Waals surface area contributed by atoms with E-state index in [9.17, 15) is 5.21 Å². The Balaban J connectivity index is 1.71. The highest BCUT2D eigenvalue weighted by Gasteiger charge is 2.10. The highest BCUT2D eigenvalue weighted by Crippen LogP contribution is 2.33. The second-order valence-corrected chi connectivity index (χ2v) is 6.34. The molecule has 2 heterocycles. The van der Waals surface area contributed by atoms with Crippen molar-refractivity contribution in [1.82, 2.24) is 9.97 Å². The molecule has 6 nitrogen and oxygen atoms in total. The maximum absolute atomic E-state index is 11.1. The summed E-state index contributed by atoms with van der Waals surface area (Å²) < 4.78 is 1.00. The second-order valence-electron chi connectivity index (χ2n) is 5.43. The fourth-order valence-electron chi connectivity index (χ4n) is 2.57. The van der Waals surface area contributed by atoms with Gasteiger partial charge < -0.3 is 10.5 Å². The van der Waals surface area contributed by atoms with Gasteiger partial charge in [0.2, 0.25) is 5.95 Å². The maximum atomic E-state index is 11.1. The second kappa shape index (κ2) is 6.58. The van der Waals surface area contributed by atoms with Gasteiger partial charge >= 0.3 is 0 Å². The zero-order chi connectivity index (χ0) is 17.2. The van der Waals surface area contributed by atoms with Gasteiger partial charge in [-0.3, -0.25) is 0 Å². The average Bonchev–Trinajstić information content (AvgIpc) is 3.06. The third-order valence-electron chi connectivity index (χ3n) is 3.76. The van der Waals surface area contributed by atoms with E-state index in [0.717, 1.165) is 21.3 Å². The number of fused-ring (bicyclic) bond motifs is 1. The van der Waals surface area contributed by atoms with Gasteiger partial charge in [-0.1, -0.05) is 36.4 Å². The molecule has 0 aliphatic heterocycles. The first kappa shape index (κ1) is 15.7. The van der Waals surface area contributed by atoms with Crippen molar-refractivity contribution in [1.29, 1.82) is 0 Å². The fraction of sp³-hybridized carbons (Fsp3) is 0. The molecule has 2 aromatic carbocycles. The molecule has 0 amide bonds. The number of hydrogen-bond acceptors (Lipinski definition) is 6. The number of hydrogen-bond donors (Lipinski definition) is 3. The van der Waals surface area contributed by atoms with E-state index in [1.54, 1.807) is 41.8 Å². The van der Waals surface area contributed by atoms with Crippen LogP contribution in [0.1, 0.15) is 0 Å². The Kier molecular flexibility index (Phi) is 4.12. The van der Waals surface area contributed by atoms with E-state index in [1.165, 1.54) is 0 Å². The Morgan fingerprint density at radius 2 is 1.92 bits per heavy atom. The standard InChI is InChI=1S/C18H14N4O2S/c23-22(24)14-8-4-7-13(9-14)20-18-19-10-16-17(21-18)15(11-25-16)12-5-2-1-3-6-12/h1-11,22-23H,(H,19,20,21). The highest BCUT2D eigenvalue weighted by atomic mass is 32.1. The van der Waals surface area contributed by atoms with Gasteiger partial charge in [0.1, 0.15) is 0 Å². The van der Waals surface area contributed by atoms with E-state index in [2.05, 4.69) is 20.7 Å². The summed E-state index contributed by atoms with van der Waals surface area (Å²) in [4.78, 5) is 8.95. The molecule has 2 aromatic heterocycles. The predicted molar refractivity (Wildman–Crippen MR) is 98.4 cm³/mol. The Morgan fingerprint density at radius 1 is 1.08 bits per heavy atom. The third kappa shape index (κ3) is 3.21. The van der Waals surface area contributed by atoms with Crippen molar-refractivity contribution in [3.05, 3.63) is 71.4 Å². The van der Waals surface area contributed by atoms with Crippen molar-refractivity contribution < 1.29 is 10.4 Å². The topological polar surface area (TPSA) is 85.5 Å².